The maximum Gasteiger partial charge on any atom is 0.150 e. The molecule has 1 aliphatic rings. The minimum Gasteiger partial charge on any atom is -0.396 e. The molecule has 0 spiro atoms. The fourth-order valence-corrected chi connectivity index (χ4v) is 4.41. The van der Waals surface area contributed by atoms with Gasteiger partial charge in [-0.3, -0.25) is 4.79 Å². The molecule has 0 saturated heterocycles. The van der Waals surface area contributed by atoms with Crippen LogP contribution >= 0.6 is 0 Å². The van der Waals surface area contributed by atoms with Crippen molar-refractivity contribution in [3.8, 4) is 0 Å². The number of ketones is 1. The molecule has 2 aromatic rings. The van der Waals surface area contributed by atoms with Crippen LogP contribution in [0.25, 0.3) is 10.8 Å². The Balaban J connectivity index is 1.52. The van der Waals surface area contributed by atoms with Crippen LogP contribution in [-0.2, 0) is 16.0 Å². The number of Topliss-reactive ketones (excluding diaryl/α,β-unsaturated/α-hetero) is 1. The molecule has 6 heteroatoms. The van der Waals surface area contributed by atoms with Gasteiger partial charge in [-0.05, 0) is 54.6 Å². The molecule has 1 saturated carbocycles. The smallest absolute Gasteiger partial charge is 0.150 e. The standard InChI is InChI=1S/C26H34N2O4/c29-15-14-27-12-3-13-28-26-24(22(18-30)17-25(26)32)11-10-23(31)9-7-19-6-8-20-4-1-2-5-21(20)16-19/h1-2,4-6,8,10-11,15-16,22-24,26-28,30-31H,3,7,9,12-14,17-18H2/b11-10+/t22-,23?,24-,26+/m0/s1. The molecule has 2 aromatic carbocycles. The third-order valence-corrected chi connectivity index (χ3v) is 6.19. The molecule has 0 bridgehead atoms. The van der Waals surface area contributed by atoms with Crippen LogP contribution in [0.3, 0.4) is 0 Å². The highest BCUT2D eigenvalue weighted by Gasteiger charge is 2.40. The van der Waals surface area contributed by atoms with Gasteiger partial charge in [0, 0.05) is 18.9 Å². The molecular formula is C26H34N2O4. The van der Waals surface area contributed by atoms with Crippen LogP contribution in [0.5, 0.6) is 0 Å². The number of carbonyl (C=O) groups excluding carboxylic acids is 2. The Bertz CT molecular complexity index is 914. The highest BCUT2D eigenvalue weighted by molar-refractivity contribution is 5.87. The number of aliphatic hydroxyl groups excluding tert-OH is 2. The quantitative estimate of drug-likeness (QED) is 0.217. The van der Waals surface area contributed by atoms with E-state index >= 15 is 0 Å². The van der Waals surface area contributed by atoms with E-state index in [1.807, 2.05) is 18.2 Å². The van der Waals surface area contributed by atoms with E-state index in [-0.39, 0.29) is 30.3 Å². The summed E-state index contributed by atoms with van der Waals surface area (Å²) in [4.78, 5) is 22.8. The van der Waals surface area contributed by atoms with E-state index in [9.17, 15) is 19.8 Å². The Labute approximate surface area is 189 Å². The predicted octanol–water partition coefficient (Wildman–Crippen LogP) is 2.02. The van der Waals surface area contributed by atoms with Crippen molar-refractivity contribution in [3.05, 3.63) is 60.2 Å². The van der Waals surface area contributed by atoms with Crippen LogP contribution in [-0.4, -0.2) is 60.7 Å². The summed E-state index contributed by atoms with van der Waals surface area (Å²) in [5, 5.41) is 28.9. The van der Waals surface area contributed by atoms with Gasteiger partial charge in [0.25, 0.3) is 0 Å². The van der Waals surface area contributed by atoms with Crippen LogP contribution in [0.2, 0.25) is 0 Å². The van der Waals surface area contributed by atoms with Crippen molar-refractivity contribution in [2.75, 3.05) is 26.2 Å². The fourth-order valence-electron chi connectivity index (χ4n) is 4.41. The van der Waals surface area contributed by atoms with Gasteiger partial charge in [-0.25, -0.2) is 0 Å². The molecule has 32 heavy (non-hydrogen) atoms. The third kappa shape index (κ3) is 6.81. The van der Waals surface area contributed by atoms with Crippen LogP contribution in [0.4, 0.5) is 0 Å². The number of nitrogens with one attached hydrogen (secondary N) is 2. The van der Waals surface area contributed by atoms with Gasteiger partial charge in [0.05, 0.1) is 18.7 Å². The van der Waals surface area contributed by atoms with E-state index < -0.39 is 6.10 Å². The van der Waals surface area contributed by atoms with Gasteiger partial charge in [0.1, 0.15) is 6.29 Å². The number of hydrogen-bond donors (Lipinski definition) is 4. The Hall–Kier alpha value is -2.38. The Morgan fingerprint density at radius 1 is 1.12 bits per heavy atom. The lowest BCUT2D eigenvalue weighted by atomic mass is 9.92. The summed E-state index contributed by atoms with van der Waals surface area (Å²) in [7, 11) is 0. The van der Waals surface area contributed by atoms with Crippen molar-refractivity contribution < 1.29 is 19.8 Å². The first-order valence-electron chi connectivity index (χ1n) is 11.5. The summed E-state index contributed by atoms with van der Waals surface area (Å²) in [6.45, 7) is 1.63. The van der Waals surface area contributed by atoms with Crippen molar-refractivity contribution in [1.82, 2.24) is 10.6 Å². The van der Waals surface area contributed by atoms with E-state index in [0.29, 0.717) is 32.5 Å². The maximum absolute atomic E-state index is 12.5. The minimum atomic E-state index is -0.607. The van der Waals surface area contributed by atoms with E-state index in [1.54, 1.807) is 6.08 Å². The number of rotatable bonds is 13. The van der Waals surface area contributed by atoms with Crippen molar-refractivity contribution in [1.29, 1.82) is 0 Å². The monoisotopic (exact) mass is 438 g/mol. The Morgan fingerprint density at radius 2 is 1.94 bits per heavy atom. The van der Waals surface area contributed by atoms with E-state index in [2.05, 4.69) is 41.0 Å². The maximum atomic E-state index is 12.5. The number of aliphatic hydroxyl groups is 2. The van der Waals surface area contributed by atoms with Gasteiger partial charge in [-0.1, -0.05) is 54.6 Å². The lowest BCUT2D eigenvalue weighted by molar-refractivity contribution is -0.119. The zero-order valence-corrected chi connectivity index (χ0v) is 18.5. The number of carbonyl (C=O) groups is 2. The van der Waals surface area contributed by atoms with Crippen LogP contribution in [0.1, 0.15) is 24.8 Å². The number of aldehydes is 1. The molecule has 0 aliphatic heterocycles. The first-order chi connectivity index (χ1) is 15.6. The highest BCUT2D eigenvalue weighted by Crippen LogP contribution is 2.31. The summed E-state index contributed by atoms with van der Waals surface area (Å²) >= 11 is 0. The number of aryl methyl sites for hydroxylation is 1. The van der Waals surface area contributed by atoms with Crippen molar-refractivity contribution in [2.45, 2.75) is 37.8 Å². The summed E-state index contributed by atoms with van der Waals surface area (Å²) in [5.74, 6) is -0.159. The Kier molecular flexibility index (Phi) is 9.56. The molecule has 0 radical (unpaired) electrons. The van der Waals surface area contributed by atoms with Gasteiger partial charge >= 0.3 is 0 Å². The summed E-state index contributed by atoms with van der Waals surface area (Å²) in [5.41, 5.74) is 1.18. The molecule has 0 heterocycles. The van der Waals surface area contributed by atoms with Gasteiger partial charge in [0.15, 0.2) is 5.78 Å². The topological polar surface area (TPSA) is 98.7 Å². The van der Waals surface area contributed by atoms with Gasteiger partial charge < -0.3 is 25.6 Å². The minimum absolute atomic E-state index is 0.0486. The third-order valence-electron chi connectivity index (χ3n) is 6.19. The molecule has 0 amide bonds. The van der Waals surface area contributed by atoms with Crippen molar-refractivity contribution >= 4 is 22.8 Å². The highest BCUT2D eigenvalue weighted by atomic mass is 16.3. The number of hydrogen-bond acceptors (Lipinski definition) is 6. The van der Waals surface area contributed by atoms with Gasteiger partial charge in [0.2, 0.25) is 0 Å². The summed E-state index contributed by atoms with van der Waals surface area (Å²) in [6, 6.07) is 14.2. The lowest BCUT2D eigenvalue weighted by Gasteiger charge is -2.21. The SMILES string of the molecule is O=CCNCCCN[C@H]1C(=O)C[C@@H](CO)[C@@H]1/C=C/C(O)CCc1ccc2ccccc2c1. The fraction of sp³-hybridized carbons (Fsp3) is 0.462. The molecular weight excluding hydrogens is 404 g/mol. The summed E-state index contributed by atoms with van der Waals surface area (Å²) < 4.78 is 0. The molecule has 4 N–H and O–H groups in total. The second kappa shape index (κ2) is 12.6. The molecule has 6 nitrogen and oxygen atoms in total. The second-order valence-electron chi connectivity index (χ2n) is 8.52. The van der Waals surface area contributed by atoms with Crippen molar-refractivity contribution in [3.63, 3.8) is 0 Å². The van der Waals surface area contributed by atoms with E-state index in [1.165, 1.54) is 16.3 Å². The van der Waals surface area contributed by atoms with Crippen LogP contribution < -0.4 is 10.6 Å². The molecule has 1 unspecified atom stereocenters. The average molecular weight is 439 g/mol. The average Bonchev–Trinajstić information content (AvgIpc) is 3.12. The molecule has 0 aromatic heterocycles. The van der Waals surface area contributed by atoms with Crippen molar-refractivity contribution in [2.24, 2.45) is 11.8 Å². The number of benzene rings is 2. The van der Waals surface area contributed by atoms with E-state index in [4.69, 9.17) is 0 Å². The zero-order valence-electron chi connectivity index (χ0n) is 18.5. The second-order valence-corrected chi connectivity index (χ2v) is 8.52. The molecule has 1 aliphatic carbocycles. The molecule has 1 fully saturated rings. The van der Waals surface area contributed by atoms with Crippen LogP contribution in [0, 0.1) is 11.8 Å². The largest absolute Gasteiger partial charge is 0.396 e. The van der Waals surface area contributed by atoms with Crippen LogP contribution in [0.15, 0.2) is 54.6 Å². The zero-order chi connectivity index (χ0) is 22.8. The predicted molar refractivity (Wildman–Crippen MR) is 126 cm³/mol. The number of fused-ring (bicyclic) bond motifs is 1. The lowest BCUT2D eigenvalue weighted by Crippen LogP contribution is -2.39. The summed E-state index contributed by atoms with van der Waals surface area (Å²) in [6.07, 6.45) is 6.40. The molecule has 172 valence electrons. The normalized spacial score (nSPS) is 22.1. The molecule has 4 atom stereocenters. The van der Waals surface area contributed by atoms with Gasteiger partial charge in [-0.15, -0.1) is 0 Å². The molecule has 3 rings (SSSR count). The van der Waals surface area contributed by atoms with Gasteiger partial charge in [-0.2, -0.15) is 0 Å². The first-order valence-corrected chi connectivity index (χ1v) is 11.5. The Morgan fingerprint density at radius 3 is 2.72 bits per heavy atom. The van der Waals surface area contributed by atoms with E-state index in [0.717, 1.165) is 19.1 Å². The first kappa shape index (κ1) is 24.3.